The predicted molar refractivity (Wildman–Crippen MR) is 114 cm³/mol. The van der Waals surface area contributed by atoms with Gasteiger partial charge in [-0.15, -0.1) is 0 Å². The third kappa shape index (κ3) is 2.29. The third-order valence-corrected chi connectivity index (χ3v) is 7.27. The second kappa shape index (κ2) is 5.81. The average molecular weight is 370 g/mol. The molecule has 1 atom stereocenters. The fourth-order valence-electron chi connectivity index (χ4n) is 5.88. The Labute approximate surface area is 166 Å². The minimum absolute atomic E-state index is 0.140. The van der Waals surface area contributed by atoms with Crippen molar-refractivity contribution in [3.05, 3.63) is 76.3 Å². The molecular weight excluding hydrogens is 342 g/mol. The van der Waals surface area contributed by atoms with E-state index in [0.717, 1.165) is 26.1 Å². The molecule has 0 saturated carbocycles. The zero-order chi connectivity index (χ0) is 18.9. The molecule has 0 N–H and O–H groups in total. The van der Waals surface area contributed by atoms with Gasteiger partial charge in [0, 0.05) is 54.9 Å². The Bertz CT molecular complexity index is 1120. The number of likely N-dealkylation sites (N-methyl/N-ethyl adjacent to an activating group) is 1. The van der Waals surface area contributed by atoms with E-state index in [-0.39, 0.29) is 5.41 Å². The second-order valence-corrected chi connectivity index (χ2v) is 9.06. The molecule has 142 valence electrons. The van der Waals surface area contributed by atoms with E-state index in [9.17, 15) is 0 Å². The first kappa shape index (κ1) is 16.6. The van der Waals surface area contributed by atoms with Crippen molar-refractivity contribution >= 4 is 10.9 Å². The highest BCUT2D eigenvalue weighted by molar-refractivity contribution is 5.90. The van der Waals surface area contributed by atoms with Gasteiger partial charge in [-0.1, -0.05) is 23.3 Å². The summed E-state index contributed by atoms with van der Waals surface area (Å²) in [6.07, 6.45) is 11.0. The predicted octanol–water partition coefficient (Wildman–Crippen LogP) is 4.55. The summed E-state index contributed by atoms with van der Waals surface area (Å²) in [5.74, 6) is 0. The number of hydrogen-bond donors (Lipinski definition) is 0. The van der Waals surface area contributed by atoms with Gasteiger partial charge >= 0.3 is 0 Å². The summed E-state index contributed by atoms with van der Waals surface area (Å²) >= 11 is 0. The molecule has 28 heavy (non-hydrogen) atoms. The molecule has 1 aliphatic carbocycles. The summed E-state index contributed by atoms with van der Waals surface area (Å²) in [7, 11) is 2.25. The monoisotopic (exact) mass is 369 g/mol. The lowest BCUT2D eigenvalue weighted by Gasteiger charge is -2.32. The Morgan fingerprint density at radius 1 is 1.11 bits per heavy atom. The normalized spacial score (nSPS) is 24.0. The van der Waals surface area contributed by atoms with Crippen LogP contribution in [0.4, 0.5) is 0 Å². The minimum Gasteiger partial charge on any atom is -0.344 e. The number of nitrogens with zero attached hydrogens (tertiary/aromatic N) is 3. The molecule has 0 radical (unpaired) electrons. The molecule has 2 aliphatic heterocycles. The van der Waals surface area contributed by atoms with Crippen LogP contribution in [0, 0.1) is 6.92 Å². The van der Waals surface area contributed by atoms with E-state index in [0.29, 0.717) is 0 Å². The van der Waals surface area contributed by atoms with E-state index in [1.807, 2.05) is 12.4 Å². The van der Waals surface area contributed by atoms with Crippen LogP contribution in [-0.2, 0) is 31.3 Å². The van der Waals surface area contributed by atoms with Gasteiger partial charge in [-0.2, -0.15) is 0 Å². The highest BCUT2D eigenvalue weighted by Gasteiger charge is 2.42. The van der Waals surface area contributed by atoms with E-state index in [2.05, 4.69) is 58.8 Å². The Morgan fingerprint density at radius 2 is 1.93 bits per heavy atom. The molecule has 3 heteroatoms. The summed E-state index contributed by atoms with van der Waals surface area (Å²) < 4.78 is 2.69. The average Bonchev–Trinajstić information content (AvgIpc) is 3.51. The van der Waals surface area contributed by atoms with Crippen LogP contribution in [-0.4, -0.2) is 28.0 Å². The number of rotatable bonds is 2. The molecule has 1 aromatic carbocycles. The van der Waals surface area contributed by atoms with Crippen LogP contribution in [0.5, 0.6) is 0 Å². The van der Waals surface area contributed by atoms with Crippen molar-refractivity contribution < 1.29 is 0 Å². The zero-order valence-corrected chi connectivity index (χ0v) is 16.8. The second-order valence-electron chi connectivity index (χ2n) is 9.06. The number of pyridine rings is 1. The van der Waals surface area contributed by atoms with Gasteiger partial charge in [0.2, 0.25) is 0 Å². The van der Waals surface area contributed by atoms with Crippen LogP contribution in [0.15, 0.2) is 48.3 Å². The Kier molecular flexibility index (Phi) is 3.43. The van der Waals surface area contributed by atoms with Crippen molar-refractivity contribution in [3.8, 4) is 0 Å². The highest BCUT2D eigenvalue weighted by atomic mass is 15.1. The summed E-state index contributed by atoms with van der Waals surface area (Å²) in [4.78, 5) is 6.76. The fraction of sp³-hybridized carbons (Fsp3) is 0.400. The lowest BCUT2D eigenvalue weighted by Crippen LogP contribution is -2.30. The van der Waals surface area contributed by atoms with Crippen LogP contribution in [0.1, 0.15) is 40.8 Å². The number of hydrogen-bond acceptors (Lipinski definition) is 2. The molecule has 3 nitrogen and oxygen atoms in total. The highest BCUT2D eigenvalue weighted by Crippen LogP contribution is 2.50. The summed E-state index contributed by atoms with van der Waals surface area (Å²) in [6, 6.07) is 9.38. The molecular formula is C25H27N3. The van der Waals surface area contributed by atoms with Crippen molar-refractivity contribution in [1.82, 2.24) is 14.5 Å². The molecule has 0 fully saturated rings. The van der Waals surface area contributed by atoms with Crippen LogP contribution in [0.2, 0.25) is 0 Å². The molecule has 3 aliphatic rings. The molecule has 3 aromatic rings. The van der Waals surface area contributed by atoms with Crippen molar-refractivity contribution in [3.63, 3.8) is 0 Å². The molecule has 0 bridgehead atoms. The maximum Gasteiger partial charge on any atom is 0.0519 e. The van der Waals surface area contributed by atoms with Crippen LogP contribution in [0.3, 0.4) is 0 Å². The first-order chi connectivity index (χ1) is 13.7. The molecule has 2 aromatic heterocycles. The summed E-state index contributed by atoms with van der Waals surface area (Å²) in [6.45, 7) is 5.63. The number of aryl methyl sites for hydroxylation is 2. The van der Waals surface area contributed by atoms with E-state index < -0.39 is 0 Å². The van der Waals surface area contributed by atoms with Crippen LogP contribution in [0.25, 0.3) is 10.9 Å². The summed E-state index contributed by atoms with van der Waals surface area (Å²) in [5.41, 5.74) is 10.8. The summed E-state index contributed by atoms with van der Waals surface area (Å²) in [5, 5.41) is 1.51. The SMILES string of the molecule is Cc1cc2c3c(c1)c1c(n3CCC(C3=CC3)(c3ccncc3)C2)CCN(C)C1. The van der Waals surface area contributed by atoms with E-state index >= 15 is 0 Å². The maximum absolute atomic E-state index is 4.29. The first-order valence-corrected chi connectivity index (χ1v) is 10.6. The standard InChI is InChI=1S/C25H27N3/c1-17-13-18-15-25(19-3-4-19,20-5-9-26-10-6-20)8-12-28-23-7-11-27(2)16-22(23)21(14-17)24(18)28/h3,5-6,9-10,13-14H,4,7-8,11-12,15-16H2,1-2H3. The zero-order valence-electron chi connectivity index (χ0n) is 16.8. The Balaban J connectivity index is 1.59. The van der Waals surface area contributed by atoms with Crippen LogP contribution >= 0.6 is 0 Å². The van der Waals surface area contributed by atoms with Gasteiger partial charge < -0.3 is 9.47 Å². The Hall–Kier alpha value is -2.39. The van der Waals surface area contributed by atoms with Crippen LogP contribution < -0.4 is 0 Å². The Morgan fingerprint density at radius 3 is 2.71 bits per heavy atom. The quantitative estimate of drug-likeness (QED) is 0.618. The number of allylic oxidation sites excluding steroid dienone is 2. The molecule has 0 spiro atoms. The van der Waals surface area contributed by atoms with Gasteiger partial charge in [0.1, 0.15) is 0 Å². The lowest BCUT2D eigenvalue weighted by molar-refractivity contribution is 0.308. The van der Waals surface area contributed by atoms with E-state index in [4.69, 9.17) is 0 Å². The molecule has 4 heterocycles. The van der Waals surface area contributed by atoms with E-state index in [1.165, 1.54) is 46.9 Å². The van der Waals surface area contributed by atoms with Gasteiger partial charge in [0.25, 0.3) is 0 Å². The molecule has 6 rings (SSSR count). The smallest absolute Gasteiger partial charge is 0.0519 e. The molecule has 0 amide bonds. The molecule has 1 unspecified atom stereocenters. The fourth-order valence-corrected chi connectivity index (χ4v) is 5.88. The number of benzene rings is 1. The van der Waals surface area contributed by atoms with Crippen molar-refractivity contribution in [2.75, 3.05) is 13.6 Å². The maximum atomic E-state index is 4.29. The van der Waals surface area contributed by atoms with Crippen molar-refractivity contribution in [2.24, 2.45) is 0 Å². The van der Waals surface area contributed by atoms with Crippen molar-refractivity contribution in [2.45, 2.75) is 51.1 Å². The van der Waals surface area contributed by atoms with Gasteiger partial charge in [-0.3, -0.25) is 4.98 Å². The third-order valence-electron chi connectivity index (χ3n) is 7.27. The molecule has 0 saturated heterocycles. The van der Waals surface area contributed by atoms with E-state index in [1.54, 1.807) is 16.8 Å². The number of aromatic nitrogens is 2. The van der Waals surface area contributed by atoms with Gasteiger partial charge in [-0.05, 0) is 68.1 Å². The minimum atomic E-state index is 0.140. The number of fused-ring (bicyclic) bond motifs is 3. The first-order valence-electron chi connectivity index (χ1n) is 10.6. The van der Waals surface area contributed by atoms with Crippen molar-refractivity contribution in [1.29, 1.82) is 0 Å². The van der Waals surface area contributed by atoms with Gasteiger partial charge in [0.05, 0.1) is 5.52 Å². The largest absolute Gasteiger partial charge is 0.344 e. The van der Waals surface area contributed by atoms with Gasteiger partial charge in [-0.25, -0.2) is 0 Å². The van der Waals surface area contributed by atoms with Gasteiger partial charge in [0.15, 0.2) is 0 Å². The lowest BCUT2D eigenvalue weighted by atomic mass is 9.71. The topological polar surface area (TPSA) is 21.1 Å².